The smallest absolute Gasteiger partial charge is 0.319 e. The van der Waals surface area contributed by atoms with E-state index in [9.17, 15) is 9.59 Å². The first kappa shape index (κ1) is 16.3. The van der Waals surface area contributed by atoms with E-state index in [-0.39, 0.29) is 18.0 Å². The van der Waals surface area contributed by atoms with Crippen LogP contribution in [0, 0.1) is 0 Å². The van der Waals surface area contributed by atoms with Crippen molar-refractivity contribution in [1.29, 1.82) is 0 Å². The molecule has 2 aromatic carbocycles. The standard InChI is InChI=1S/C19H19N3O4/c1-11-18(23)22-15-9-13(6-7-17(15)25-11)21-19(24)20-10-14-8-12-4-2-3-5-16(12)26-14/h2-7,9,11,14H,8,10H2,1H3,(H,22,23)(H2,20,21,24)/t11-,14+/m0/s1. The van der Waals surface area contributed by atoms with Crippen LogP contribution in [0.15, 0.2) is 42.5 Å². The summed E-state index contributed by atoms with van der Waals surface area (Å²) < 4.78 is 11.3. The maximum atomic E-state index is 12.1. The number of ether oxygens (including phenoxy) is 2. The summed E-state index contributed by atoms with van der Waals surface area (Å²) in [6, 6.07) is 12.6. The predicted molar refractivity (Wildman–Crippen MR) is 96.7 cm³/mol. The summed E-state index contributed by atoms with van der Waals surface area (Å²) >= 11 is 0. The molecule has 0 aromatic heterocycles. The van der Waals surface area contributed by atoms with Crippen LogP contribution in [-0.4, -0.2) is 30.7 Å². The van der Waals surface area contributed by atoms with Gasteiger partial charge in [0.25, 0.3) is 5.91 Å². The van der Waals surface area contributed by atoms with Gasteiger partial charge in [0.15, 0.2) is 6.10 Å². The lowest BCUT2D eigenvalue weighted by Crippen LogP contribution is -2.37. The zero-order valence-corrected chi connectivity index (χ0v) is 14.2. The molecule has 0 radical (unpaired) electrons. The molecule has 0 aliphatic carbocycles. The quantitative estimate of drug-likeness (QED) is 0.791. The van der Waals surface area contributed by atoms with Gasteiger partial charge >= 0.3 is 6.03 Å². The molecular formula is C19H19N3O4. The van der Waals surface area contributed by atoms with E-state index in [2.05, 4.69) is 16.0 Å². The molecule has 7 nitrogen and oxygen atoms in total. The summed E-state index contributed by atoms with van der Waals surface area (Å²) in [6.45, 7) is 2.09. The summed E-state index contributed by atoms with van der Waals surface area (Å²) in [6.07, 6.45) is 0.174. The Morgan fingerprint density at radius 1 is 1.19 bits per heavy atom. The third-order valence-electron chi connectivity index (χ3n) is 4.37. The van der Waals surface area contributed by atoms with E-state index in [1.54, 1.807) is 25.1 Å². The number of benzene rings is 2. The van der Waals surface area contributed by atoms with Crippen LogP contribution in [0.1, 0.15) is 12.5 Å². The van der Waals surface area contributed by atoms with E-state index in [0.717, 1.165) is 17.7 Å². The number of rotatable bonds is 3. The van der Waals surface area contributed by atoms with Gasteiger partial charge in [0.2, 0.25) is 0 Å². The molecule has 0 saturated heterocycles. The zero-order valence-electron chi connectivity index (χ0n) is 14.2. The molecule has 0 spiro atoms. The molecule has 134 valence electrons. The first-order chi connectivity index (χ1) is 12.6. The number of urea groups is 1. The highest BCUT2D eigenvalue weighted by Crippen LogP contribution is 2.32. The van der Waals surface area contributed by atoms with Crippen LogP contribution in [0.3, 0.4) is 0 Å². The van der Waals surface area contributed by atoms with Crippen molar-refractivity contribution in [3.63, 3.8) is 0 Å². The van der Waals surface area contributed by atoms with Crippen LogP contribution in [0.25, 0.3) is 0 Å². The minimum absolute atomic E-state index is 0.0733. The second-order valence-corrected chi connectivity index (χ2v) is 6.35. The van der Waals surface area contributed by atoms with Gasteiger partial charge in [0.05, 0.1) is 12.2 Å². The van der Waals surface area contributed by atoms with Crippen LogP contribution in [0.5, 0.6) is 11.5 Å². The van der Waals surface area contributed by atoms with Gasteiger partial charge in [-0.1, -0.05) is 18.2 Å². The normalized spacial score (nSPS) is 20.1. The van der Waals surface area contributed by atoms with Crippen molar-refractivity contribution in [3.8, 4) is 11.5 Å². The molecule has 7 heteroatoms. The van der Waals surface area contributed by atoms with Gasteiger partial charge in [-0.3, -0.25) is 4.79 Å². The Kier molecular flexibility index (Phi) is 4.12. The van der Waals surface area contributed by atoms with Crippen molar-refractivity contribution in [3.05, 3.63) is 48.0 Å². The third kappa shape index (κ3) is 3.28. The first-order valence-electron chi connectivity index (χ1n) is 8.49. The molecule has 0 bridgehead atoms. The Morgan fingerprint density at radius 3 is 2.88 bits per heavy atom. The van der Waals surface area contributed by atoms with E-state index < -0.39 is 6.10 Å². The fourth-order valence-electron chi connectivity index (χ4n) is 3.04. The van der Waals surface area contributed by atoms with Gasteiger partial charge in [-0.15, -0.1) is 0 Å². The molecule has 26 heavy (non-hydrogen) atoms. The van der Waals surface area contributed by atoms with Crippen molar-refractivity contribution in [2.45, 2.75) is 25.6 Å². The molecule has 0 unspecified atom stereocenters. The largest absolute Gasteiger partial charge is 0.488 e. The number of anilines is 2. The van der Waals surface area contributed by atoms with Crippen molar-refractivity contribution in [2.24, 2.45) is 0 Å². The maximum Gasteiger partial charge on any atom is 0.319 e. The Balaban J connectivity index is 1.32. The van der Waals surface area contributed by atoms with E-state index >= 15 is 0 Å². The fraction of sp³-hybridized carbons (Fsp3) is 0.263. The monoisotopic (exact) mass is 353 g/mol. The molecular weight excluding hydrogens is 334 g/mol. The minimum Gasteiger partial charge on any atom is -0.488 e. The number of amides is 3. The van der Waals surface area contributed by atoms with Gasteiger partial charge in [0.1, 0.15) is 17.6 Å². The minimum atomic E-state index is -0.528. The number of hydrogen-bond acceptors (Lipinski definition) is 4. The average Bonchev–Trinajstić information content (AvgIpc) is 3.04. The molecule has 2 aliphatic heterocycles. The lowest BCUT2D eigenvalue weighted by molar-refractivity contribution is -0.122. The average molecular weight is 353 g/mol. The molecule has 2 atom stereocenters. The summed E-state index contributed by atoms with van der Waals surface area (Å²) in [5.41, 5.74) is 2.26. The zero-order chi connectivity index (χ0) is 18.1. The van der Waals surface area contributed by atoms with Gasteiger partial charge in [-0.25, -0.2) is 4.79 Å². The maximum absolute atomic E-state index is 12.1. The topological polar surface area (TPSA) is 88.7 Å². The molecule has 0 fully saturated rings. The van der Waals surface area contributed by atoms with Gasteiger partial charge in [-0.2, -0.15) is 0 Å². The van der Waals surface area contributed by atoms with Crippen LogP contribution in [0.2, 0.25) is 0 Å². The number of nitrogens with one attached hydrogen (secondary N) is 3. The fourth-order valence-corrected chi connectivity index (χ4v) is 3.04. The van der Waals surface area contributed by atoms with Crippen molar-refractivity contribution in [2.75, 3.05) is 17.2 Å². The summed E-state index contributed by atoms with van der Waals surface area (Å²) in [5, 5.41) is 8.32. The number of fused-ring (bicyclic) bond motifs is 2. The SMILES string of the molecule is C[C@@H]1Oc2ccc(NC(=O)NC[C@H]3Cc4ccccc4O3)cc2NC1=O. The van der Waals surface area contributed by atoms with Gasteiger partial charge < -0.3 is 25.4 Å². The van der Waals surface area contributed by atoms with Crippen molar-refractivity contribution < 1.29 is 19.1 Å². The molecule has 3 amide bonds. The number of carbonyl (C=O) groups excluding carboxylic acids is 2. The van der Waals surface area contributed by atoms with E-state index in [0.29, 0.717) is 23.7 Å². The number of hydrogen-bond donors (Lipinski definition) is 3. The highest BCUT2D eigenvalue weighted by Gasteiger charge is 2.24. The number of para-hydroxylation sites is 1. The van der Waals surface area contributed by atoms with Crippen molar-refractivity contribution >= 4 is 23.3 Å². The van der Waals surface area contributed by atoms with Crippen LogP contribution < -0.4 is 25.4 Å². The molecule has 3 N–H and O–H groups in total. The lowest BCUT2D eigenvalue weighted by atomic mass is 10.1. The second-order valence-electron chi connectivity index (χ2n) is 6.35. The van der Waals surface area contributed by atoms with Crippen LogP contribution in [-0.2, 0) is 11.2 Å². The Bertz CT molecular complexity index is 843. The summed E-state index contributed by atoms with van der Waals surface area (Å²) in [7, 11) is 0. The number of carbonyl (C=O) groups is 2. The Hall–Kier alpha value is -3.22. The van der Waals surface area contributed by atoms with E-state index in [1.807, 2.05) is 24.3 Å². The Labute approximate surface area is 150 Å². The molecule has 4 rings (SSSR count). The predicted octanol–water partition coefficient (Wildman–Crippen LogP) is 2.53. The molecule has 2 heterocycles. The van der Waals surface area contributed by atoms with Gasteiger partial charge in [0, 0.05) is 12.1 Å². The highest BCUT2D eigenvalue weighted by molar-refractivity contribution is 5.99. The molecule has 2 aliphatic rings. The van der Waals surface area contributed by atoms with Crippen LogP contribution in [0.4, 0.5) is 16.2 Å². The molecule has 0 saturated carbocycles. The molecule has 2 aromatic rings. The van der Waals surface area contributed by atoms with E-state index in [4.69, 9.17) is 9.47 Å². The summed E-state index contributed by atoms with van der Waals surface area (Å²) in [4.78, 5) is 23.8. The van der Waals surface area contributed by atoms with Gasteiger partial charge in [-0.05, 0) is 36.8 Å². The third-order valence-corrected chi connectivity index (χ3v) is 4.37. The first-order valence-corrected chi connectivity index (χ1v) is 8.49. The second kappa shape index (κ2) is 6.59. The highest BCUT2D eigenvalue weighted by atomic mass is 16.5. The Morgan fingerprint density at radius 2 is 2.04 bits per heavy atom. The van der Waals surface area contributed by atoms with E-state index in [1.165, 1.54) is 0 Å². The summed E-state index contributed by atoms with van der Waals surface area (Å²) in [5.74, 6) is 1.25. The lowest BCUT2D eigenvalue weighted by Gasteiger charge is -2.23. The van der Waals surface area contributed by atoms with Crippen molar-refractivity contribution in [1.82, 2.24) is 5.32 Å². The van der Waals surface area contributed by atoms with Crippen LogP contribution >= 0.6 is 0 Å².